The van der Waals surface area contributed by atoms with Gasteiger partial charge in [0, 0.05) is 42.0 Å². The van der Waals surface area contributed by atoms with Gasteiger partial charge in [0.15, 0.2) is 5.65 Å². The highest BCUT2D eigenvalue weighted by Gasteiger charge is 2.27. The molecule has 4 rings (SSSR count). The van der Waals surface area contributed by atoms with Gasteiger partial charge >= 0.3 is 0 Å². The van der Waals surface area contributed by atoms with Crippen molar-refractivity contribution in [1.82, 2.24) is 14.6 Å². The monoisotopic (exact) mass is 428 g/mol. The molecule has 1 aliphatic rings. The van der Waals surface area contributed by atoms with Crippen molar-refractivity contribution in [1.29, 1.82) is 0 Å². The molecule has 30 heavy (non-hydrogen) atoms. The van der Waals surface area contributed by atoms with E-state index in [1.807, 2.05) is 29.6 Å². The minimum Gasteiger partial charge on any atom is -0.497 e. The standard InChI is InChI=1S/C23H29ClN4O2/c1-5-11-27(12-13-29-3)23-17-7-6-8-20(17)25-22-21(15(2)26-28(22)23)18-14-16(30-4)9-10-19(18)24/h9-10,14H,5-8,11-13H2,1-4H3. The van der Waals surface area contributed by atoms with Crippen molar-refractivity contribution in [3.8, 4) is 16.9 Å². The first-order valence-corrected chi connectivity index (χ1v) is 11.0. The molecule has 0 aliphatic heterocycles. The average molecular weight is 429 g/mol. The predicted octanol–water partition coefficient (Wildman–Crippen LogP) is 4.72. The molecule has 1 aromatic carbocycles. The molecule has 0 unspecified atom stereocenters. The van der Waals surface area contributed by atoms with Gasteiger partial charge in [-0.3, -0.25) is 0 Å². The van der Waals surface area contributed by atoms with Gasteiger partial charge in [-0.2, -0.15) is 9.61 Å². The van der Waals surface area contributed by atoms with E-state index in [1.54, 1.807) is 14.2 Å². The zero-order valence-corrected chi connectivity index (χ0v) is 18.9. The maximum absolute atomic E-state index is 6.61. The zero-order chi connectivity index (χ0) is 21.3. The first-order chi connectivity index (χ1) is 14.6. The van der Waals surface area contributed by atoms with Crippen LogP contribution in [0.2, 0.25) is 5.02 Å². The largest absolute Gasteiger partial charge is 0.497 e. The van der Waals surface area contributed by atoms with Crippen molar-refractivity contribution >= 4 is 23.1 Å². The van der Waals surface area contributed by atoms with Crippen molar-refractivity contribution in [2.45, 2.75) is 39.5 Å². The van der Waals surface area contributed by atoms with Crippen molar-refractivity contribution in [3.05, 3.63) is 40.2 Å². The SMILES string of the molecule is CCCN(CCOC)c1c2c(nc3c(-c4cc(OC)ccc4Cl)c(C)nn13)CCC2. The van der Waals surface area contributed by atoms with Crippen LogP contribution in [0.15, 0.2) is 18.2 Å². The Labute approximate surface area is 182 Å². The van der Waals surface area contributed by atoms with Crippen LogP contribution in [-0.4, -0.2) is 48.5 Å². The number of nitrogens with zero attached hydrogens (tertiary/aromatic N) is 4. The number of ether oxygens (including phenoxy) is 2. The van der Waals surface area contributed by atoms with Crippen molar-refractivity contribution in [2.24, 2.45) is 0 Å². The van der Waals surface area contributed by atoms with Gasteiger partial charge in [-0.1, -0.05) is 18.5 Å². The molecule has 0 amide bonds. The number of rotatable bonds is 8. The topological polar surface area (TPSA) is 51.9 Å². The fourth-order valence-electron chi connectivity index (χ4n) is 4.37. The Balaban J connectivity index is 1.97. The molecule has 2 aromatic heterocycles. The lowest BCUT2D eigenvalue weighted by Crippen LogP contribution is -2.31. The van der Waals surface area contributed by atoms with E-state index in [0.29, 0.717) is 11.6 Å². The van der Waals surface area contributed by atoms with E-state index >= 15 is 0 Å². The van der Waals surface area contributed by atoms with Gasteiger partial charge in [0.05, 0.1) is 25.0 Å². The number of benzene rings is 1. The molecule has 1 aliphatic carbocycles. The summed E-state index contributed by atoms with van der Waals surface area (Å²) in [5, 5.41) is 5.62. The van der Waals surface area contributed by atoms with Gasteiger partial charge in [-0.15, -0.1) is 0 Å². The zero-order valence-electron chi connectivity index (χ0n) is 18.2. The lowest BCUT2D eigenvalue weighted by atomic mass is 10.1. The number of halogens is 1. The molecular formula is C23H29ClN4O2. The molecule has 6 nitrogen and oxygen atoms in total. The quantitative estimate of drug-likeness (QED) is 0.519. The smallest absolute Gasteiger partial charge is 0.165 e. The van der Waals surface area contributed by atoms with E-state index in [1.165, 1.54) is 11.3 Å². The molecule has 0 atom stereocenters. The number of hydrogen-bond donors (Lipinski definition) is 0. The van der Waals surface area contributed by atoms with E-state index in [9.17, 15) is 0 Å². The minimum atomic E-state index is 0.669. The van der Waals surface area contributed by atoms with E-state index in [2.05, 4.69) is 11.8 Å². The molecule has 3 aromatic rings. The normalized spacial score (nSPS) is 13.1. The Morgan fingerprint density at radius 2 is 2.03 bits per heavy atom. The molecule has 2 heterocycles. The summed E-state index contributed by atoms with van der Waals surface area (Å²) in [6.45, 7) is 6.67. The Morgan fingerprint density at radius 3 is 2.77 bits per heavy atom. The molecule has 0 fully saturated rings. The molecule has 7 heteroatoms. The van der Waals surface area contributed by atoms with Crippen LogP contribution >= 0.6 is 11.6 Å². The first-order valence-electron chi connectivity index (χ1n) is 10.6. The third-order valence-electron chi connectivity index (χ3n) is 5.74. The van der Waals surface area contributed by atoms with Crippen molar-refractivity contribution in [3.63, 3.8) is 0 Å². The van der Waals surface area contributed by atoms with Crippen LogP contribution < -0.4 is 9.64 Å². The highest BCUT2D eigenvalue weighted by Crippen LogP contribution is 2.39. The number of methoxy groups -OCH3 is 2. The Bertz CT molecular complexity index is 1060. The summed E-state index contributed by atoms with van der Waals surface area (Å²) in [7, 11) is 3.41. The second-order valence-corrected chi connectivity index (χ2v) is 8.14. The Morgan fingerprint density at radius 1 is 1.20 bits per heavy atom. The molecular weight excluding hydrogens is 400 g/mol. The maximum atomic E-state index is 6.61. The van der Waals surface area contributed by atoms with Gasteiger partial charge in [-0.25, -0.2) is 4.98 Å². The number of anilines is 1. The summed E-state index contributed by atoms with van der Waals surface area (Å²) < 4.78 is 12.9. The van der Waals surface area contributed by atoms with Crippen molar-refractivity contribution < 1.29 is 9.47 Å². The van der Waals surface area contributed by atoms with Crippen LogP contribution in [0.3, 0.4) is 0 Å². The number of aromatic nitrogens is 3. The summed E-state index contributed by atoms with van der Waals surface area (Å²) in [6, 6.07) is 5.71. The average Bonchev–Trinajstić information content (AvgIpc) is 3.33. The third kappa shape index (κ3) is 3.63. The summed E-state index contributed by atoms with van der Waals surface area (Å²) in [4.78, 5) is 7.47. The van der Waals surface area contributed by atoms with Crippen LogP contribution in [0.25, 0.3) is 16.8 Å². The highest BCUT2D eigenvalue weighted by molar-refractivity contribution is 6.33. The number of aryl methyl sites for hydroxylation is 2. The first kappa shape index (κ1) is 20.9. The van der Waals surface area contributed by atoms with Crippen LogP contribution in [0.5, 0.6) is 5.75 Å². The van der Waals surface area contributed by atoms with E-state index in [4.69, 9.17) is 31.2 Å². The fraction of sp³-hybridized carbons (Fsp3) is 0.478. The van der Waals surface area contributed by atoms with Crippen molar-refractivity contribution in [2.75, 3.05) is 38.8 Å². The lowest BCUT2D eigenvalue weighted by molar-refractivity contribution is 0.205. The predicted molar refractivity (Wildman–Crippen MR) is 121 cm³/mol. The summed E-state index contributed by atoms with van der Waals surface area (Å²) in [5.41, 5.74) is 6.13. The lowest BCUT2D eigenvalue weighted by Gasteiger charge is -2.26. The summed E-state index contributed by atoms with van der Waals surface area (Å²) >= 11 is 6.61. The van der Waals surface area contributed by atoms with Gasteiger partial charge < -0.3 is 14.4 Å². The van der Waals surface area contributed by atoms with Crippen LogP contribution in [0.4, 0.5) is 5.82 Å². The van der Waals surface area contributed by atoms with Crippen LogP contribution in [-0.2, 0) is 17.6 Å². The molecule has 0 N–H and O–H groups in total. The maximum Gasteiger partial charge on any atom is 0.165 e. The van der Waals surface area contributed by atoms with Gasteiger partial charge in [0.2, 0.25) is 0 Å². The van der Waals surface area contributed by atoms with E-state index in [-0.39, 0.29) is 0 Å². The van der Waals surface area contributed by atoms with E-state index in [0.717, 1.165) is 72.8 Å². The molecule has 0 saturated heterocycles. The van der Waals surface area contributed by atoms with Gasteiger partial charge in [0.1, 0.15) is 11.6 Å². The van der Waals surface area contributed by atoms with E-state index < -0.39 is 0 Å². The number of hydrogen-bond acceptors (Lipinski definition) is 5. The van der Waals surface area contributed by atoms with Gasteiger partial charge in [0.25, 0.3) is 0 Å². The van der Waals surface area contributed by atoms with Gasteiger partial charge in [-0.05, 0) is 50.8 Å². The second kappa shape index (κ2) is 8.82. The Hall–Kier alpha value is -2.31. The third-order valence-corrected chi connectivity index (χ3v) is 6.07. The molecule has 0 bridgehead atoms. The van der Waals surface area contributed by atoms with Crippen LogP contribution in [0, 0.1) is 6.92 Å². The molecule has 0 saturated carbocycles. The summed E-state index contributed by atoms with van der Waals surface area (Å²) in [6.07, 6.45) is 4.21. The fourth-order valence-corrected chi connectivity index (χ4v) is 4.58. The molecule has 160 valence electrons. The molecule has 0 radical (unpaired) electrons. The van der Waals surface area contributed by atoms with Crippen LogP contribution in [0.1, 0.15) is 36.7 Å². The number of fused-ring (bicyclic) bond motifs is 2. The highest BCUT2D eigenvalue weighted by atomic mass is 35.5. The summed E-state index contributed by atoms with van der Waals surface area (Å²) in [5.74, 6) is 1.92. The molecule has 0 spiro atoms. The Kier molecular flexibility index (Phi) is 6.16. The minimum absolute atomic E-state index is 0.669. The second-order valence-electron chi connectivity index (χ2n) is 7.74.